The maximum absolute atomic E-state index is 12.0. The van der Waals surface area contributed by atoms with E-state index in [1.54, 1.807) is 41.5 Å². The van der Waals surface area contributed by atoms with Crippen molar-refractivity contribution in [3.63, 3.8) is 0 Å². The summed E-state index contributed by atoms with van der Waals surface area (Å²) in [5, 5.41) is -1.52. The molecular formula is C104H95BN4. The molecule has 16 aromatic rings. The van der Waals surface area contributed by atoms with Crippen LogP contribution < -0.4 is 26.2 Å². The zero-order valence-electron chi connectivity index (χ0n) is 87.9. The average molecular weight is 1440 g/mol. The molecule has 14 aromatic carbocycles. The van der Waals surface area contributed by atoms with E-state index in [0.29, 0.717) is 72.6 Å². The lowest BCUT2D eigenvalue weighted by atomic mass is 9.33. The van der Waals surface area contributed by atoms with Crippen LogP contribution in [0.2, 0.25) is 0 Å². The van der Waals surface area contributed by atoms with Crippen molar-refractivity contribution in [2.45, 2.75) is 131 Å². The van der Waals surface area contributed by atoms with E-state index < -0.39 is 210 Å². The normalized spacial score (nSPS) is 16.3. The zero-order chi connectivity index (χ0) is 96.3. The van der Waals surface area contributed by atoms with Gasteiger partial charge in [0.05, 0.1) is 66.3 Å². The number of hydrogen-bond donors (Lipinski definition) is 0. The van der Waals surface area contributed by atoms with Crippen LogP contribution in [0.3, 0.4) is 0 Å². The quantitative estimate of drug-likeness (QED) is 0.134. The molecule has 0 amide bonds. The summed E-state index contributed by atoms with van der Waals surface area (Å²) in [4.78, 5) is 3.77. The Bertz CT molecular complexity index is 7550. The molecule has 0 saturated carbocycles. The Labute approximate surface area is 678 Å². The molecule has 109 heavy (non-hydrogen) atoms. The molecule has 2 aromatic heterocycles. The molecular weight excluding hydrogens is 1320 g/mol. The fourth-order valence-corrected chi connectivity index (χ4v) is 15.5. The van der Waals surface area contributed by atoms with Gasteiger partial charge in [-0.25, -0.2) is 0 Å². The van der Waals surface area contributed by atoms with E-state index in [1.807, 2.05) is 164 Å². The zero-order valence-corrected chi connectivity index (χ0v) is 63.9. The predicted octanol–water partition coefficient (Wildman–Crippen LogP) is 26.8. The molecule has 2 aliphatic rings. The van der Waals surface area contributed by atoms with E-state index >= 15 is 0 Å². The highest BCUT2D eigenvalue weighted by atomic mass is 15.2. The first kappa shape index (κ1) is 47.2. The molecule has 4 heterocycles. The van der Waals surface area contributed by atoms with Gasteiger partial charge in [-0.2, -0.15) is 0 Å². The Morgan fingerprint density at radius 3 is 0.936 bits per heavy atom. The first-order valence-electron chi connectivity index (χ1n) is 49.2. The van der Waals surface area contributed by atoms with Gasteiger partial charge in [-0.1, -0.05) is 316 Å². The van der Waals surface area contributed by atoms with Crippen LogP contribution in [0.5, 0.6) is 0 Å². The average Bonchev–Trinajstić information content (AvgIpc) is 1.48. The van der Waals surface area contributed by atoms with Crippen LogP contribution in [0.15, 0.2) is 303 Å². The number of fused-ring (bicyclic) bond motifs is 10. The summed E-state index contributed by atoms with van der Waals surface area (Å²) < 4.78 is 249. The van der Waals surface area contributed by atoms with E-state index in [0.717, 1.165) is 20.3 Å². The summed E-state index contributed by atoms with van der Waals surface area (Å²) in [5.74, 6) is 0. The molecule has 0 radical (unpaired) electrons. The van der Waals surface area contributed by atoms with Crippen molar-refractivity contribution in [1.82, 2.24) is 9.13 Å². The van der Waals surface area contributed by atoms with E-state index in [-0.39, 0.29) is 73.6 Å². The summed E-state index contributed by atoms with van der Waals surface area (Å²) in [5.41, 5.74) is 0.813. The standard InChI is InChI=1S/C104H95BN4/c1-100(2,3)72-54-71(55-73(57-72)101(4,5)6)70-48-53-92-86(56-70)81-44-30-33-47-91(81)107(92)78-50-52-88-94(65-78)109(99-84(68-38-24-18-25-39-68)60-75(103(10,11)12)61-85(99)69-40-26-19-27-41-69)96-63-76(104(13,14)15)62-95-97(96)105(88)87-51-49-77(106-89-45-31-28-42-79(89)80-43-29-32-46-90(80)106)64-93(87)108(95)98-82(66-34-20-16-21-35-66)58-74(102(7,8)9)59-83(98)67-36-22-17-23-37-67/h16-65H,1-15H3/i28D,29D,30D,31D,32D,33D,42D,43D,44D,45D,46D,47D,48D,49D,50D,51D,52D,53D,54D,55D,56D,57D,64D,65D. The van der Waals surface area contributed by atoms with Gasteiger partial charge in [0.1, 0.15) is 0 Å². The second-order valence-corrected chi connectivity index (χ2v) is 33.9. The van der Waals surface area contributed by atoms with Crippen molar-refractivity contribution in [3.05, 3.63) is 331 Å². The Morgan fingerprint density at radius 2 is 0.587 bits per heavy atom. The predicted molar refractivity (Wildman–Crippen MR) is 470 cm³/mol. The Balaban J connectivity index is 1.12. The molecule has 0 unspecified atom stereocenters. The summed E-state index contributed by atoms with van der Waals surface area (Å²) in [6.07, 6.45) is 0. The molecule has 5 heteroatoms. The van der Waals surface area contributed by atoms with Gasteiger partial charge in [0, 0.05) is 77.9 Å². The number of aromatic nitrogens is 2. The highest BCUT2D eigenvalue weighted by Gasteiger charge is 2.47. The Kier molecular flexibility index (Phi) is 11.0. The van der Waals surface area contributed by atoms with Crippen LogP contribution in [-0.4, -0.2) is 15.8 Å². The molecule has 0 aliphatic carbocycles. The third-order valence-electron chi connectivity index (χ3n) is 21.3. The molecule has 0 N–H and O–H groups in total. The second-order valence-electron chi connectivity index (χ2n) is 33.9. The smallest absolute Gasteiger partial charge is 0.252 e. The van der Waals surface area contributed by atoms with Crippen molar-refractivity contribution in [3.8, 4) is 67.0 Å². The van der Waals surface area contributed by atoms with Crippen molar-refractivity contribution < 1.29 is 32.9 Å². The highest BCUT2D eigenvalue weighted by molar-refractivity contribution is 7.00. The van der Waals surface area contributed by atoms with Gasteiger partial charge >= 0.3 is 0 Å². The first-order valence-corrected chi connectivity index (χ1v) is 37.2. The maximum Gasteiger partial charge on any atom is 0.252 e. The number of nitrogens with zero attached hydrogens (tertiary/aromatic N) is 4. The minimum atomic E-state index is -1.69. The van der Waals surface area contributed by atoms with Gasteiger partial charge in [-0.05, 0) is 195 Å². The highest BCUT2D eigenvalue weighted by Crippen LogP contribution is 2.56. The maximum atomic E-state index is 12.0. The fourth-order valence-electron chi connectivity index (χ4n) is 15.5. The minimum absolute atomic E-state index is 0.0993. The number of rotatable bonds is 9. The molecule has 4 nitrogen and oxygen atoms in total. The monoisotopic (exact) mass is 1430 g/mol. The van der Waals surface area contributed by atoms with E-state index in [9.17, 15) is 30.2 Å². The van der Waals surface area contributed by atoms with Gasteiger partial charge in [0.25, 0.3) is 6.71 Å². The largest absolute Gasteiger partial charge is 0.310 e. The second kappa shape index (κ2) is 25.5. The minimum Gasteiger partial charge on any atom is -0.310 e. The van der Waals surface area contributed by atoms with E-state index in [4.69, 9.17) is 2.74 Å². The van der Waals surface area contributed by atoms with Gasteiger partial charge in [-0.15, -0.1) is 0 Å². The lowest BCUT2D eigenvalue weighted by Crippen LogP contribution is -2.61. The van der Waals surface area contributed by atoms with Crippen molar-refractivity contribution in [2.75, 3.05) is 9.80 Å². The van der Waals surface area contributed by atoms with Gasteiger partial charge in [0.2, 0.25) is 0 Å². The summed E-state index contributed by atoms with van der Waals surface area (Å²) in [7, 11) is 0. The number of anilines is 6. The molecule has 534 valence electrons. The molecule has 0 spiro atoms. The van der Waals surface area contributed by atoms with Crippen molar-refractivity contribution >= 4 is 101 Å². The summed E-state index contributed by atoms with van der Waals surface area (Å²) >= 11 is 0. The SMILES string of the molecule is [2H]c1c([2H])c(-n2c3c([2H])c([2H])c([2H])c([2H])c3c3c([2H])c([2H])c([2H])c([2H])c32)c([2H])c2c1B1c3c(cc(C(C)(C)C)cc3N(c3c(-c4ccccc4)cc(C(C)(C)C)cc3-c3ccccc3)c3c([2H])c(-n4c5c([2H])c([2H])c([2H])c([2H])c5c5c([2H])c(-c6c([2H])c(C(C)(C)C)c([2H])c(C(C)(C)C)c6[2H])c([2H])c([2H])c54)c([2H])c([2H])c31)N2c1c(-c2ccccc2)cc(C(C)(C)C)cc1-c1ccccc1. The lowest BCUT2D eigenvalue weighted by molar-refractivity contribution is 0.569. The Hall–Kier alpha value is -11.7. The molecule has 0 fully saturated rings. The first-order chi connectivity index (χ1) is 62.3. The number of benzene rings is 14. The van der Waals surface area contributed by atoms with Gasteiger partial charge in [-0.3, -0.25) is 0 Å². The van der Waals surface area contributed by atoms with Crippen molar-refractivity contribution in [2.24, 2.45) is 0 Å². The molecule has 0 atom stereocenters. The number of para-hydroxylation sites is 3. The van der Waals surface area contributed by atoms with Gasteiger partial charge < -0.3 is 18.9 Å². The number of hydrogen-bond acceptors (Lipinski definition) is 2. The van der Waals surface area contributed by atoms with E-state index in [1.165, 1.54) is 0 Å². The molecule has 18 rings (SSSR count). The Morgan fingerprint density at radius 1 is 0.266 bits per heavy atom. The van der Waals surface area contributed by atoms with Crippen LogP contribution in [0.4, 0.5) is 34.1 Å². The fraction of sp³-hybridized carbons (Fsp3) is 0.192. The topological polar surface area (TPSA) is 16.3 Å². The van der Waals surface area contributed by atoms with Crippen LogP contribution in [-0.2, 0) is 27.1 Å². The molecule has 0 saturated heterocycles. The van der Waals surface area contributed by atoms with E-state index in [2.05, 4.69) is 65.8 Å². The van der Waals surface area contributed by atoms with Crippen LogP contribution in [0.25, 0.3) is 111 Å². The van der Waals surface area contributed by atoms with Crippen LogP contribution >= 0.6 is 0 Å². The van der Waals surface area contributed by atoms with Gasteiger partial charge in [0.15, 0.2) is 0 Å². The molecule has 2 aliphatic heterocycles. The van der Waals surface area contributed by atoms with Crippen molar-refractivity contribution in [1.29, 1.82) is 0 Å². The molecule has 0 bridgehead atoms. The third-order valence-corrected chi connectivity index (χ3v) is 21.3. The summed E-state index contributed by atoms with van der Waals surface area (Å²) in [6.45, 7) is 27.7. The van der Waals surface area contributed by atoms with Crippen LogP contribution in [0, 0.1) is 0 Å². The summed E-state index contributed by atoms with van der Waals surface area (Å²) in [6, 6.07) is 34.3. The van der Waals surface area contributed by atoms with Crippen LogP contribution in [0.1, 0.15) is 165 Å². The third kappa shape index (κ3) is 11.7. The lowest BCUT2D eigenvalue weighted by Gasteiger charge is -2.47.